The number of carbonyl (C=O) groups excluding carboxylic acids is 2. The molecule has 10 nitrogen and oxygen atoms in total. The van der Waals surface area contributed by atoms with Crippen LogP contribution in [0.3, 0.4) is 0 Å². The van der Waals surface area contributed by atoms with Crippen LogP contribution in [-0.2, 0) is 31.0 Å². The van der Waals surface area contributed by atoms with Crippen molar-refractivity contribution in [2.24, 2.45) is 5.92 Å². The van der Waals surface area contributed by atoms with Crippen LogP contribution in [0.15, 0.2) is 41.6 Å². The van der Waals surface area contributed by atoms with Crippen LogP contribution in [-0.4, -0.2) is 43.5 Å². The SMILES string of the molecule is COc1ccc(-c2sc(NC(=O)C3CCCC3)nc2C)cc1S(=O)(=O)Nc1cncc(COC(=O)C(F)(F)F)c1. The van der Waals surface area contributed by atoms with E-state index in [0.717, 1.165) is 38.1 Å². The fourth-order valence-electron chi connectivity index (χ4n) is 4.20. The number of sulfonamides is 1. The maximum Gasteiger partial charge on any atom is 0.490 e. The van der Waals surface area contributed by atoms with Gasteiger partial charge < -0.3 is 14.8 Å². The van der Waals surface area contributed by atoms with Gasteiger partial charge in [-0.3, -0.25) is 14.5 Å². The van der Waals surface area contributed by atoms with Crippen molar-refractivity contribution in [2.45, 2.75) is 50.3 Å². The van der Waals surface area contributed by atoms with Gasteiger partial charge in [-0.25, -0.2) is 18.2 Å². The number of rotatable bonds is 9. The van der Waals surface area contributed by atoms with Crippen molar-refractivity contribution in [1.82, 2.24) is 9.97 Å². The molecule has 1 aliphatic carbocycles. The fourth-order valence-corrected chi connectivity index (χ4v) is 6.40. The number of benzene rings is 1. The number of carbonyl (C=O) groups is 2. The zero-order valence-electron chi connectivity index (χ0n) is 21.4. The normalized spacial score (nSPS) is 14.1. The Hall–Kier alpha value is -3.72. The van der Waals surface area contributed by atoms with Crippen LogP contribution in [0.25, 0.3) is 10.4 Å². The Balaban J connectivity index is 1.55. The predicted octanol–water partition coefficient (Wildman–Crippen LogP) is 5.06. The maximum absolute atomic E-state index is 13.3. The first kappa shape index (κ1) is 29.3. The molecule has 1 aromatic carbocycles. The molecule has 1 amide bonds. The van der Waals surface area contributed by atoms with Crippen molar-refractivity contribution in [1.29, 1.82) is 0 Å². The molecule has 40 heavy (non-hydrogen) atoms. The third-order valence-corrected chi connectivity index (χ3v) is 8.64. The van der Waals surface area contributed by atoms with Crippen molar-refractivity contribution in [3.8, 4) is 16.2 Å². The average molecular weight is 599 g/mol. The smallest absolute Gasteiger partial charge is 0.490 e. The van der Waals surface area contributed by atoms with Crippen molar-refractivity contribution in [2.75, 3.05) is 17.1 Å². The highest BCUT2D eigenvalue weighted by Gasteiger charge is 2.40. The highest BCUT2D eigenvalue weighted by Crippen LogP contribution is 2.37. The van der Waals surface area contributed by atoms with Gasteiger partial charge >= 0.3 is 12.1 Å². The first-order chi connectivity index (χ1) is 18.9. The van der Waals surface area contributed by atoms with Gasteiger partial charge in [0.1, 0.15) is 17.3 Å². The number of esters is 1. The number of hydrogen-bond donors (Lipinski definition) is 2. The Bertz CT molecular complexity index is 1520. The van der Waals surface area contributed by atoms with E-state index in [2.05, 4.69) is 24.7 Å². The molecule has 2 N–H and O–H groups in total. The van der Waals surface area contributed by atoms with Gasteiger partial charge in [-0.2, -0.15) is 13.2 Å². The monoisotopic (exact) mass is 598 g/mol. The average Bonchev–Trinajstić information content (AvgIpc) is 3.56. The predicted molar refractivity (Wildman–Crippen MR) is 140 cm³/mol. The summed E-state index contributed by atoms with van der Waals surface area (Å²) in [5, 5.41) is 3.27. The molecule has 15 heteroatoms. The lowest BCUT2D eigenvalue weighted by molar-refractivity contribution is -0.201. The van der Waals surface area contributed by atoms with Gasteiger partial charge in [0, 0.05) is 17.7 Å². The van der Waals surface area contributed by atoms with E-state index in [1.54, 1.807) is 13.0 Å². The van der Waals surface area contributed by atoms with Gasteiger partial charge in [0.15, 0.2) is 5.13 Å². The van der Waals surface area contributed by atoms with E-state index in [1.165, 1.54) is 36.6 Å². The van der Waals surface area contributed by atoms with E-state index in [9.17, 15) is 31.2 Å². The summed E-state index contributed by atoms with van der Waals surface area (Å²) in [6, 6.07) is 5.73. The molecule has 0 saturated heterocycles. The van der Waals surface area contributed by atoms with Crippen LogP contribution < -0.4 is 14.8 Å². The third-order valence-electron chi connectivity index (χ3n) is 6.12. The van der Waals surface area contributed by atoms with Crippen molar-refractivity contribution in [3.63, 3.8) is 0 Å². The van der Waals surface area contributed by atoms with Gasteiger partial charge in [0.05, 0.1) is 29.6 Å². The zero-order chi connectivity index (χ0) is 29.1. The van der Waals surface area contributed by atoms with Crippen LogP contribution in [0.1, 0.15) is 36.9 Å². The molecule has 2 heterocycles. The minimum Gasteiger partial charge on any atom is -0.495 e. The van der Waals surface area contributed by atoms with E-state index in [1.807, 2.05) is 0 Å². The van der Waals surface area contributed by atoms with Gasteiger partial charge in [-0.1, -0.05) is 24.2 Å². The van der Waals surface area contributed by atoms with Crippen LogP contribution in [0.2, 0.25) is 0 Å². The molecule has 1 saturated carbocycles. The van der Waals surface area contributed by atoms with E-state index >= 15 is 0 Å². The molecular formula is C25H25F3N4O6S2. The molecule has 1 fully saturated rings. The van der Waals surface area contributed by atoms with E-state index in [0.29, 0.717) is 21.3 Å². The maximum atomic E-state index is 13.3. The van der Waals surface area contributed by atoms with Gasteiger partial charge in [-0.15, -0.1) is 0 Å². The molecule has 1 aliphatic rings. The molecule has 214 valence electrons. The zero-order valence-corrected chi connectivity index (χ0v) is 23.0. The Morgan fingerprint density at radius 2 is 1.88 bits per heavy atom. The number of anilines is 2. The molecule has 3 aromatic rings. The molecule has 0 bridgehead atoms. The van der Waals surface area contributed by atoms with Crippen LogP contribution >= 0.6 is 11.3 Å². The number of aromatic nitrogens is 2. The largest absolute Gasteiger partial charge is 0.495 e. The highest BCUT2D eigenvalue weighted by atomic mass is 32.2. The minimum atomic E-state index is -5.16. The summed E-state index contributed by atoms with van der Waals surface area (Å²) in [5.41, 5.74) is 1.08. The lowest BCUT2D eigenvalue weighted by Gasteiger charge is -2.13. The molecule has 2 aromatic heterocycles. The van der Waals surface area contributed by atoms with Crippen molar-refractivity contribution < 1.29 is 40.7 Å². The van der Waals surface area contributed by atoms with Gasteiger partial charge in [-0.05, 0) is 49.6 Å². The molecule has 0 aliphatic heterocycles. The number of thiazole rings is 1. The second-order valence-electron chi connectivity index (χ2n) is 9.03. The summed E-state index contributed by atoms with van der Waals surface area (Å²) in [7, 11) is -2.98. The number of nitrogens with zero attached hydrogens (tertiary/aromatic N) is 2. The Morgan fingerprint density at radius 1 is 1.15 bits per heavy atom. The lowest BCUT2D eigenvalue weighted by Crippen LogP contribution is -2.25. The number of methoxy groups -OCH3 is 1. The molecular weight excluding hydrogens is 573 g/mol. The quantitative estimate of drug-likeness (QED) is 0.327. The second-order valence-corrected chi connectivity index (χ2v) is 11.7. The summed E-state index contributed by atoms with van der Waals surface area (Å²) >= 11 is 1.22. The number of pyridine rings is 1. The summed E-state index contributed by atoms with van der Waals surface area (Å²) in [6.07, 6.45) is 0.840. The Labute approximate surface area is 232 Å². The lowest BCUT2D eigenvalue weighted by atomic mass is 10.1. The summed E-state index contributed by atoms with van der Waals surface area (Å²) in [6.45, 7) is 0.987. The molecule has 0 atom stereocenters. The summed E-state index contributed by atoms with van der Waals surface area (Å²) in [4.78, 5) is 32.2. The minimum absolute atomic E-state index is 0.0333. The van der Waals surface area contributed by atoms with Crippen LogP contribution in [0, 0.1) is 12.8 Å². The first-order valence-corrected chi connectivity index (χ1v) is 14.3. The fraction of sp³-hybridized carbons (Fsp3) is 0.360. The van der Waals surface area contributed by atoms with Gasteiger partial charge in [0.25, 0.3) is 10.0 Å². The van der Waals surface area contributed by atoms with Crippen LogP contribution in [0.4, 0.5) is 24.0 Å². The molecule has 0 spiro atoms. The van der Waals surface area contributed by atoms with Crippen LogP contribution in [0.5, 0.6) is 5.75 Å². The number of alkyl halides is 3. The number of ether oxygens (including phenoxy) is 2. The van der Waals surface area contributed by atoms with Crippen molar-refractivity contribution in [3.05, 3.63) is 47.9 Å². The van der Waals surface area contributed by atoms with Gasteiger partial charge in [0.2, 0.25) is 5.91 Å². The Morgan fingerprint density at radius 3 is 2.55 bits per heavy atom. The molecule has 0 unspecified atom stereocenters. The van der Waals surface area contributed by atoms with E-state index < -0.39 is 28.8 Å². The number of nitrogens with one attached hydrogen (secondary N) is 2. The second kappa shape index (κ2) is 11.8. The molecule has 0 radical (unpaired) electrons. The number of aryl methyl sites for hydroxylation is 1. The highest BCUT2D eigenvalue weighted by molar-refractivity contribution is 7.92. The van der Waals surface area contributed by atoms with E-state index in [-0.39, 0.29) is 33.7 Å². The summed E-state index contributed by atoms with van der Waals surface area (Å²) in [5.74, 6) is -2.46. The number of amides is 1. The first-order valence-electron chi connectivity index (χ1n) is 12.0. The number of hydrogen-bond acceptors (Lipinski definition) is 9. The Kier molecular flexibility index (Phi) is 8.63. The number of halogens is 3. The third kappa shape index (κ3) is 6.88. The molecule has 4 rings (SSSR count). The topological polar surface area (TPSA) is 137 Å². The summed E-state index contributed by atoms with van der Waals surface area (Å²) < 4.78 is 75.6. The van der Waals surface area contributed by atoms with Crippen molar-refractivity contribution >= 4 is 44.1 Å². The van der Waals surface area contributed by atoms with E-state index in [4.69, 9.17) is 4.74 Å². The standard InChI is InChI=1S/C25H25F3N4O6S2/c1-14-21(39-24(30-14)31-22(33)16-5-3-4-6-16)17-7-8-19(37-2)20(10-17)40(35,36)32-18-9-15(11-29-12-18)13-38-23(34)25(26,27)28/h7-12,16,32H,3-6,13H2,1-2H3,(H,30,31,33).